The lowest BCUT2D eigenvalue weighted by molar-refractivity contribution is 0.473. The fraction of sp³-hybridized carbons (Fsp3) is 0.333. The molecule has 5 nitrogen and oxygen atoms in total. The van der Waals surface area contributed by atoms with Crippen molar-refractivity contribution in [2.24, 2.45) is 4.99 Å². The largest absolute Gasteiger partial charge is 0.354 e. The minimum Gasteiger partial charge on any atom is -0.354 e. The van der Waals surface area contributed by atoms with Gasteiger partial charge in [-0.25, -0.2) is 4.98 Å². The van der Waals surface area contributed by atoms with Crippen molar-refractivity contribution in [1.82, 2.24) is 19.8 Å². The smallest absolute Gasteiger partial charge is 0.193 e. The van der Waals surface area contributed by atoms with Gasteiger partial charge in [0.2, 0.25) is 0 Å². The molecule has 0 fully saturated rings. The second-order valence-corrected chi connectivity index (χ2v) is 5.13. The van der Waals surface area contributed by atoms with Gasteiger partial charge in [-0.15, -0.1) is 0 Å². The van der Waals surface area contributed by atoms with E-state index in [1.807, 2.05) is 42.1 Å². The lowest BCUT2D eigenvalue weighted by atomic mass is 10.2. The van der Waals surface area contributed by atoms with Crippen LogP contribution in [0.15, 0.2) is 48.0 Å². The molecule has 0 atom stereocenters. The summed E-state index contributed by atoms with van der Waals surface area (Å²) in [4.78, 5) is 10.4. The topological polar surface area (TPSA) is 45.5 Å². The molecule has 0 amide bonds. The average molecular weight is 306 g/mol. The number of nitrogens with zero attached hydrogens (tertiary/aromatic N) is 4. The third-order valence-corrected chi connectivity index (χ3v) is 3.52. The van der Waals surface area contributed by atoms with Crippen molar-refractivity contribution in [3.05, 3.63) is 53.6 Å². The molecule has 1 heterocycles. The molecule has 0 radical (unpaired) electrons. The van der Waals surface area contributed by atoms with Gasteiger partial charge in [0.25, 0.3) is 0 Å². The van der Waals surface area contributed by atoms with E-state index in [-0.39, 0.29) is 0 Å². The number of imidazole rings is 1. The third kappa shape index (κ3) is 4.49. The monoisotopic (exact) mass is 305 g/mol. The van der Waals surface area contributed by atoms with Crippen LogP contribution in [0.1, 0.15) is 5.56 Å². The second-order valence-electron chi connectivity index (χ2n) is 4.72. The first kappa shape index (κ1) is 15.4. The van der Waals surface area contributed by atoms with Gasteiger partial charge in [-0.05, 0) is 11.6 Å². The van der Waals surface area contributed by atoms with Crippen molar-refractivity contribution < 1.29 is 0 Å². The van der Waals surface area contributed by atoms with Gasteiger partial charge in [-0.1, -0.05) is 29.8 Å². The van der Waals surface area contributed by atoms with Gasteiger partial charge in [0.15, 0.2) is 5.96 Å². The van der Waals surface area contributed by atoms with E-state index < -0.39 is 0 Å². The highest BCUT2D eigenvalue weighted by atomic mass is 35.5. The Morgan fingerprint density at radius 1 is 1.43 bits per heavy atom. The molecule has 0 unspecified atom stereocenters. The maximum absolute atomic E-state index is 6.19. The number of nitrogens with one attached hydrogen (secondary N) is 1. The van der Waals surface area contributed by atoms with Crippen LogP contribution in [-0.4, -0.2) is 41.1 Å². The zero-order chi connectivity index (χ0) is 15.1. The van der Waals surface area contributed by atoms with Crippen LogP contribution in [-0.2, 0) is 13.1 Å². The van der Waals surface area contributed by atoms with Gasteiger partial charge in [0.1, 0.15) is 0 Å². The maximum atomic E-state index is 6.19. The van der Waals surface area contributed by atoms with Gasteiger partial charge in [-0.2, -0.15) is 0 Å². The van der Waals surface area contributed by atoms with E-state index in [1.165, 1.54) is 0 Å². The Kier molecular flexibility index (Phi) is 5.63. The van der Waals surface area contributed by atoms with E-state index in [0.717, 1.165) is 29.6 Å². The Hall–Kier alpha value is -2.01. The van der Waals surface area contributed by atoms with Crippen LogP contribution in [0.4, 0.5) is 0 Å². The number of guanidine groups is 1. The van der Waals surface area contributed by atoms with Crippen LogP contribution >= 0.6 is 11.6 Å². The van der Waals surface area contributed by atoms with Crippen molar-refractivity contribution in [2.45, 2.75) is 13.1 Å². The van der Waals surface area contributed by atoms with E-state index >= 15 is 0 Å². The molecule has 0 saturated heterocycles. The standard InChI is InChI=1S/C15H20ClN5/c1-17-15(19-8-10-21-9-7-18-12-21)20(2)11-13-5-3-4-6-14(13)16/h3-7,9,12H,8,10-11H2,1-2H3,(H,17,19). The van der Waals surface area contributed by atoms with Crippen LogP contribution < -0.4 is 5.32 Å². The summed E-state index contributed by atoms with van der Waals surface area (Å²) in [5.41, 5.74) is 1.08. The molecule has 0 spiro atoms. The summed E-state index contributed by atoms with van der Waals surface area (Å²) in [6, 6.07) is 7.85. The molecule has 2 rings (SSSR count). The number of halogens is 1. The quantitative estimate of drug-likeness (QED) is 0.681. The number of hydrogen-bond donors (Lipinski definition) is 1. The van der Waals surface area contributed by atoms with Crippen molar-refractivity contribution >= 4 is 17.6 Å². The Labute approximate surface area is 130 Å². The van der Waals surface area contributed by atoms with Crippen LogP contribution in [0.2, 0.25) is 5.02 Å². The van der Waals surface area contributed by atoms with Gasteiger partial charge in [0, 0.05) is 51.1 Å². The Balaban J connectivity index is 1.87. The second kappa shape index (κ2) is 7.69. The number of hydrogen-bond acceptors (Lipinski definition) is 2. The lowest BCUT2D eigenvalue weighted by Crippen LogP contribution is -2.39. The molecule has 0 aliphatic carbocycles. The maximum Gasteiger partial charge on any atom is 0.193 e. The minimum absolute atomic E-state index is 0.713. The molecule has 0 saturated carbocycles. The van der Waals surface area contributed by atoms with E-state index in [9.17, 15) is 0 Å². The molecule has 21 heavy (non-hydrogen) atoms. The van der Waals surface area contributed by atoms with Gasteiger partial charge in [-0.3, -0.25) is 4.99 Å². The molecular formula is C15H20ClN5. The third-order valence-electron chi connectivity index (χ3n) is 3.15. The highest BCUT2D eigenvalue weighted by Crippen LogP contribution is 2.16. The summed E-state index contributed by atoms with van der Waals surface area (Å²) >= 11 is 6.19. The molecule has 0 aliphatic heterocycles. The van der Waals surface area contributed by atoms with Gasteiger partial charge < -0.3 is 14.8 Å². The van der Waals surface area contributed by atoms with Crippen LogP contribution in [0.25, 0.3) is 0 Å². The van der Waals surface area contributed by atoms with E-state index in [1.54, 1.807) is 19.6 Å². The highest BCUT2D eigenvalue weighted by molar-refractivity contribution is 6.31. The zero-order valence-corrected chi connectivity index (χ0v) is 13.1. The fourth-order valence-electron chi connectivity index (χ4n) is 2.06. The Morgan fingerprint density at radius 3 is 2.90 bits per heavy atom. The predicted octanol–water partition coefficient (Wildman–Crippen LogP) is 2.24. The molecular weight excluding hydrogens is 286 g/mol. The van der Waals surface area contributed by atoms with Crippen LogP contribution in [0, 0.1) is 0 Å². The van der Waals surface area contributed by atoms with Crippen molar-refractivity contribution in [3.8, 4) is 0 Å². The molecule has 0 bridgehead atoms. The predicted molar refractivity (Wildman–Crippen MR) is 86.5 cm³/mol. The lowest BCUT2D eigenvalue weighted by Gasteiger charge is -2.22. The summed E-state index contributed by atoms with van der Waals surface area (Å²) < 4.78 is 2.02. The van der Waals surface area contributed by atoms with E-state index in [0.29, 0.717) is 6.54 Å². The van der Waals surface area contributed by atoms with Gasteiger partial charge >= 0.3 is 0 Å². The highest BCUT2D eigenvalue weighted by Gasteiger charge is 2.08. The van der Waals surface area contributed by atoms with Crippen LogP contribution in [0.5, 0.6) is 0 Å². The Bertz CT molecular complexity index is 580. The SMILES string of the molecule is CN=C(NCCn1ccnc1)N(C)Cc1ccccc1Cl. The van der Waals surface area contributed by atoms with Crippen molar-refractivity contribution in [2.75, 3.05) is 20.6 Å². The molecule has 2 aromatic rings. The normalized spacial score (nSPS) is 11.5. The first-order valence-corrected chi connectivity index (χ1v) is 7.19. The average Bonchev–Trinajstić information content (AvgIpc) is 2.99. The van der Waals surface area contributed by atoms with Crippen LogP contribution in [0.3, 0.4) is 0 Å². The van der Waals surface area contributed by atoms with Gasteiger partial charge in [0.05, 0.1) is 6.33 Å². The first-order chi connectivity index (χ1) is 10.2. The molecule has 6 heteroatoms. The van der Waals surface area contributed by atoms with E-state index in [4.69, 9.17) is 11.6 Å². The molecule has 1 aromatic heterocycles. The molecule has 1 N–H and O–H groups in total. The summed E-state index contributed by atoms with van der Waals surface area (Å²) in [7, 11) is 3.78. The Morgan fingerprint density at radius 2 is 2.24 bits per heavy atom. The zero-order valence-electron chi connectivity index (χ0n) is 12.3. The molecule has 1 aromatic carbocycles. The first-order valence-electron chi connectivity index (χ1n) is 6.81. The van der Waals surface area contributed by atoms with Crippen molar-refractivity contribution in [3.63, 3.8) is 0 Å². The number of aliphatic imine (C=N–C) groups is 1. The minimum atomic E-state index is 0.713. The summed E-state index contributed by atoms with van der Waals surface area (Å²) in [6.07, 6.45) is 5.52. The number of benzene rings is 1. The summed E-state index contributed by atoms with van der Waals surface area (Å²) in [6.45, 7) is 2.35. The van der Waals surface area contributed by atoms with Crippen molar-refractivity contribution in [1.29, 1.82) is 0 Å². The summed E-state index contributed by atoms with van der Waals surface area (Å²) in [5.74, 6) is 0.843. The fourth-order valence-corrected chi connectivity index (χ4v) is 2.25. The number of aromatic nitrogens is 2. The molecule has 112 valence electrons. The van der Waals surface area contributed by atoms with E-state index in [2.05, 4.69) is 20.2 Å². The molecule has 0 aliphatic rings. The summed E-state index contributed by atoms with van der Waals surface area (Å²) in [5, 5.41) is 4.11. The number of rotatable bonds is 5.